The van der Waals surface area contributed by atoms with E-state index in [4.69, 9.17) is 4.74 Å². The number of pyridine rings is 2. The van der Waals surface area contributed by atoms with E-state index >= 15 is 0 Å². The summed E-state index contributed by atoms with van der Waals surface area (Å²) in [5.41, 5.74) is 1.87. The predicted molar refractivity (Wildman–Crippen MR) is 134 cm³/mol. The highest BCUT2D eigenvalue weighted by atomic mass is 32.1. The third-order valence-corrected chi connectivity index (χ3v) is 8.00. The molecule has 0 unspecified atom stereocenters. The van der Waals surface area contributed by atoms with Gasteiger partial charge in [-0.05, 0) is 52.7 Å². The van der Waals surface area contributed by atoms with E-state index in [9.17, 15) is 19.2 Å². The van der Waals surface area contributed by atoms with Crippen molar-refractivity contribution in [3.05, 3.63) is 64.8 Å². The number of aromatic amines is 1. The first-order valence-electron chi connectivity index (χ1n) is 10.4. The molecule has 9 heteroatoms. The van der Waals surface area contributed by atoms with Crippen molar-refractivity contribution >= 4 is 54.9 Å². The summed E-state index contributed by atoms with van der Waals surface area (Å²) in [6.07, 6.45) is 3.06. The van der Waals surface area contributed by atoms with Crippen LogP contribution in [0.3, 0.4) is 0 Å². The van der Waals surface area contributed by atoms with E-state index in [1.807, 2.05) is 39.3 Å². The number of hydrogen-bond acceptors (Lipinski definition) is 7. The summed E-state index contributed by atoms with van der Waals surface area (Å²) in [6.45, 7) is 11.2. The summed E-state index contributed by atoms with van der Waals surface area (Å²) in [5, 5.41) is 1.29. The first kappa shape index (κ1) is 24.6. The van der Waals surface area contributed by atoms with E-state index in [0.717, 1.165) is 30.5 Å². The Bertz CT molecular complexity index is 1520. The van der Waals surface area contributed by atoms with Gasteiger partial charge in [0.05, 0.1) is 22.9 Å². The fraction of sp³-hybridized carbons (Fsp3) is 0.333. The highest BCUT2D eigenvalue weighted by Crippen LogP contribution is 2.28. The molecule has 0 aromatic carbocycles. The molecule has 0 bridgehead atoms. The van der Waals surface area contributed by atoms with Gasteiger partial charge in [0.1, 0.15) is 15.2 Å². The lowest BCUT2D eigenvalue weighted by Crippen LogP contribution is -2.17. The van der Waals surface area contributed by atoms with Gasteiger partial charge in [0.15, 0.2) is 5.78 Å². The molecule has 0 radical (unpaired) electrons. The van der Waals surface area contributed by atoms with E-state index in [0.29, 0.717) is 10.8 Å². The Balaban J connectivity index is 0.000000186. The second-order valence-electron chi connectivity index (χ2n) is 7.74. The number of nitrogens with zero attached hydrogens (tertiary/aromatic N) is 1. The third-order valence-electron chi connectivity index (χ3n) is 5.56. The molecule has 0 aliphatic heterocycles. The molecule has 4 rings (SSSR count). The molecular weight excluding hydrogens is 460 g/mol. The minimum absolute atomic E-state index is 0.0697. The monoisotopic (exact) mass is 486 g/mol. The number of rotatable bonds is 3. The first-order chi connectivity index (χ1) is 15.5. The standard InChI is InChI=1S/C12H13NO3S.C12H13NO2S/c1-4-16-12(15)8-5-13-11-9(10(8)14)6(2)7(3)17-11;1-6-8(3)16-12-10(6)11(15)9(7(2)14)5-13(12)4/h5H,4H2,1-3H3,(H,13,14);5H,1-4H3. The largest absolute Gasteiger partial charge is 0.462 e. The average Bonchev–Trinajstić information content (AvgIpc) is 3.22. The summed E-state index contributed by atoms with van der Waals surface area (Å²) < 4.78 is 6.71. The Labute approximate surface area is 198 Å². The van der Waals surface area contributed by atoms with Crippen molar-refractivity contribution in [2.45, 2.75) is 41.5 Å². The van der Waals surface area contributed by atoms with Gasteiger partial charge in [-0.3, -0.25) is 14.4 Å². The van der Waals surface area contributed by atoms with Crippen molar-refractivity contribution in [3.8, 4) is 0 Å². The van der Waals surface area contributed by atoms with E-state index in [2.05, 4.69) is 4.98 Å². The SMILES string of the molecule is CC(=O)c1cn(C)c2sc(C)c(C)c2c1=O.CCOC(=O)c1c[nH]c2sc(C)c(C)c2c1=O. The summed E-state index contributed by atoms with van der Waals surface area (Å²) in [5.74, 6) is -0.746. The van der Waals surface area contributed by atoms with Crippen LogP contribution in [0.4, 0.5) is 0 Å². The lowest BCUT2D eigenvalue weighted by molar-refractivity contribution is 0.0524. The van der Waals surface area contributed by atoms with Gasteiger partial charge < -0.3 is 14.3 Å². The summed E-state index contributed by atoms with van der Waals surface area (Å²) >= 11 is 3.11. The van der Waals surface area contributed by atoms with E-state index in [1.165, 1.54) is 24.5 Å². The molecule has 0 amide bonds. The number of Topliss-reactive ketones (excluding diaryl/α,β-unsaturated/α-hetero) is 1. The zero-order valence-corrected chi connectivity index (χ0v) is 21.3. The second kappa shape index (κ2) is 9.44. The lowest BCUT2D eigenvalue weighted by atomic mass is 10.1. The number of ketones is 1. The molecule has 7 nitrogen and oxygen atoms in total. The number of aromatic nitrogens is 2. The Hall–Kier alpha value is -3.04. The maximum Gasteiger partial charge on any atom is 0.343 e. The zero-order valence-electron chi connectivity index (χ0n) is 19.7. The normalized spacial score (nSPS) is 10.9. The molecule has 0 spiro atoms. The number of H-pyrrole nitrogens is 1. The third kappa shape index (κ3) is 4.43. The van der Waals surface area contributed by atoms with Gasteiger partial charge in [-0.2, -0.15) is 0 Å². The van der Waals surface area contributed by atoms with Crippen molar-refractivity contribution in [2.75, 3.05) is 6.61 Å². The predicted octanol–water partition coefficient (Wildman–Crippen LogP) is 4.80. The molecule has 0 aliphatic carbocycles. The van der Waals surface area contributed by atoms with Crippen LogP contribution in [0.15, 0.2) is 22.0 Å². The molecule has 4 heterocycles. The van der Waals surface area contributed by atoms with Gasteiger partial charge in [0.25, 0.3) is 0 Å². The quantitative estimate of drug-likeness (QED) is 0.331. The van der Waals surface area contributed by atoms with E-state index in [1.54, 1.807) is 24.5 Å². The average molecular weight is 487 g/mol. The smallest absolute Gasteiger partial charge is 0.343 e. The molecule has 33 heavy (non-hydrogen) atoms. The number of fused-ring (bicyclic) bond motifs is 2. The maximum atomic E-state index is 12.2. The van der Waals surface area contributed by atoms with Gasteiger partial charge in [-0.1, -0.05) is 0 Å². The highest BCUT2D eigenvalue weighted by molar-refractivity contribution is 7.19. The lowest BCUT2D eigenvalue weighted by Gasteiger charge is -2.03. The summed E-state index contributed by atoms with van der Waals surface area (Å²) in [4.78, 5) is 54.2. The number of thiophene rings is 2. The minimum Gasteiger partial charge on any atom is -0.462 e. The summed E-state index contributed by atoms with van der Waals surface area (Å²) in [7, 11) is 1.86. The number of nitrogens with one attached hydrogen (secondary N) is 1. The number of hydrogen-bond donors (Lipinski definition) is 1. The van der Waals surface area contributed by atoms with Gasteiger partial charge in [0, 0.05) is 29.2 Å². The van der Waals surface area contributed by atoms with Crippen molar-refractivity contribution < 1.29 is 14.3 Å². The van der Waals surface area contributed by atoms with Crippen molar-refractivity contribution in [1.29, 1.82) is 0 Å². The van der Waals surface area contributed by atoms with Crippen molar-refractivity contribution in [3.63, 3.8) is 0 Å². The number of aryl methyl sites for hydroxylation is 5. The number of ether oxygens (including phenoxy) is 1. The highest BCUT2D eigenvalue weighted by Gasteiger charge is 2.18. The van der Waals surface area contributed by atoms with Crippen LogP contribution >= 0.6 is 22.7 Å². The molecule has 4 aromatic heterocycles. The summed E-state index contributed by atoms with van der Waals surface area (Å²) in [6, 6.07) is 0. The molecule has 0 atom stereocenters. The molecule has 0 saturated carbocycles. The van der Waals surface area contributed by atoms with Crippen LogP contribution in [0.25, 0.3) is 20.4 Å². The van der Waals surface area contributed by atoms with Gasteiger partial charge in [-0.15, -0.1) is 22.7 Å². The fourth-order valence-electron chi connectivity index (χ4n) is 3.52. The fourth-order valence-corrected chi connectivity index (χ4v) is 5.64. The van der Waals surface area contributed by atoms with Crippen LogP contribution in [0.5, 0.6) is 0 Å². The maximum absolute atomic E-state index is 12.2. The molecule has 174 valence electrons. The Morgan fingerprint density at radius 1 is 0.970 bits per heavy atom. The first-order valence-corrected chi connectivity index (χ1v) is 12.0. The van der Waals surface area contributed by atoms with Gasteiger partial charge in [-0.25, -0.2) is 4.79 Å². The van der Waals surface area contributed by atoms with Crippen LogP contribution in [-0.2, 0) is 11.8 Å². The van der Waals surface area contributed by atoms with Crippen LogP contribution in [0, 0.1) is 27.7 Å². The molecule has 0 saturated heterocycles. The Morgan fingerprint density at radius 3 is 2.15 bits per heavy atom. The van der Waals surface area contributed by atoms with Crippen molar-refractivity contribution in [1.82, 2.24) is 9.55 Å². The van der Waals surface area contributed by atoms with Crippen molar-refractivity contribution in [2.24, 2.45) is 7.05 Å². The molecule has 0 aliphatic rings. The Morgan fingerprint density at radius 2 is 1.55 bits per heavy atom. The Kier molecular flexibility index (Phi) is 7.04. The second-order valence-corrected chi connectivity index (χ2v) is 10.2. The molecule has 0 fully saturated rings. The molecule has 4 aromatic rings. The minimum atomic E-state index is -0.570. The van der Waals surface area contributed by atoms with E-state index in [-0.39, 0.29) is 34.4 Å². The number of carbonyl (C=O) groups excluding carboxylic acids is 2. The van der Waals surface area contributed by atoms with Gasteiger partial charge in [0.2, 0.25) is 10.9 Å². The van der Waals surface area contributed by atoms with Crippen LogP contribution in [-0.4, -0.2) is 27.9 Å². The van der Waals surface area contributed by atoms with Crippen LogP contribution in [0.1, 0.15) is 55.4 Å². The van der Waals surface area contributed by atoms with E-state index < -0.39 is 5.97 Å². The van der Waals surface area contributed by atoms with Gasteiger partial charge >= 0.3 is 5.97 Å². The van der Waals surface area contributed by atoms with Crippen LogP contribution < -0.4 is 10.9 Å². The molecule has 1 N–H and O–H groups in total. The topological polar surface area (TPSA) is 98.2 Å². The van der Waals surface area contributed by atoms with Crippen LogP contribution in [0.2, 0.25) is 0 Å². The number of esters is 1. The molecular formula is C24H26N2O5S2. The number of carbonyl (C=O) groups is 2. The zero-order chi connectivity index (χ0) is 24.6.